The van der Waals surface area contributed by atoms with Crippen molar-refractivity contribution < 1.29 is 18.4 Å². The van der Waals surface area contributed by atoms with Crippen molar-refractivity contribution in [2.24, 2.45) is 0 Å². The minimum absolute atomic E-state index is 0.0155. The van der Waals surface area contributed by atoms with Crippen molar-refractivity contribution >= 4 is 68.8 Å². The number of para-hydroxylation sites is 3. The highest BCUT2D eigenvalue weighted by Gasteiger charge is 2.55. The number of aromatic nitrogens is 1. The maximum absolute atomic E-state index is 9.38. The van der Waals surface area contributed by atoms with Gasteiger partial charge in [-0.3, -0.25) is 4.90 Å². The highest BCUT2D eigenvalue weighted by atomic mass is 28.3. The normalized spacial score (nSPS) is 16.8. The van der Waals surface area contributed by atoms with Crippen molar-refractivity contribution in [3.63, 3.8) is 0 Å². The molecule has 0 fully saturated rings. The topological polar surface area (TPSA) is 31.8 Å². The van der Waals surface area contributed by atoms with Crippen LogP contribution in [0.3, 0.4) is 0 Å². The van der Waals surface area contributed by atoms with Gasteiger partial charge in [0, 0.05) is 40.8 Å². The van der Waals surface area contributed by atoms with E-state index >= 15 is 0 Å². The van der Waals surface area contributed by atoms with E-state index in [1.54, 1.807) is 12.1 Å². The van der Waals surface area contributed by atoms with E-state index in [1.165, 1.54) is 31.9 Å². The predicted molar refractivity (Wildman–Crippen MR) is 337 cm³/mol. The molecule has 11 aromatic rings. The summed E-state index contributed by atoms with van der Waals surface area (Å²) >= 11 is 0. The molecule has 388 valence electrons. The number of benzene rings is 10. The van der Waals surface area contributed by atoms with E-state index in [9.17, 15) is 2.74 Å². The Kier molecular flexibility index (Phi) is 9.31. The van der Waals surface area contributed by atoms with Gasteiger partial charge in [-0.05, 0) is 131 Å². The molecule has 3 aliphatic rings. The molecule has 0 radical (unpaired) electrons. The Balaban J connectivity index is 0.916. The Labute approximate surface area is 485 Å². The summed E-state index contributed by atoms with van der Waals surface area (Å²) in [5.41, 5.74) is 10.9. The number of rotatable bonds is 9. The molecule has 0 aliphatic carbocycles. The van der Waals surface area contributed by atoms with E-state index in [0.29, 0.717) is 39.4 Å². The minimum atomic E-state index is -2.96. The maximum atomic E-state index is 9.38. The molecule has 0 saturated heterocycles. The standard InChI is InChI=1S/C74H62N4OSi/c1-73(2,3)54-41-42-75-70(46-54)78-66-37-22-34-63-62-31-16-19-38-68(62)80(72(63)66,59-29-14-9-15-30-59)69-40-39-58(48-67(69)78)79-57-28-20-27-56(47-57)76-49-77(65-36-18-17-35-64(65)76)71-60(51-25-12-8-13-26-51)32-21-33-61(71)53-43-52(50-23-10-7-11-24-50)44-55(45-53)74(4,5)6/h7-48H,49H2,1-6H3/i7D,8D,10D,11D,12D,13D,23D,24D,25D,26D. The zero-order valence-corrected chi connectivity index (χ0v) is 46.4. The zero-order chi connectivity index (χ0) is 63.0. The summed E-state index contributed by atoms with van der Waals surface area (Å²) in [5, 5.41) is 5.21. The number of hydrogen-bond donors (Lipinski definition) is 0. The van der Waals surface area contributed by atoms with E-state index in [1.807, 2.05) is 99.8 Å². The van der Waals surface area contributed by atoms with Crippen molar-refractivity contribution in [2.45, 2.75) is 52.4 Å². The average Bonchev–Trinajstić information content (AvgIpc) is 1.46. The van der Waals surface area contributed by atoms with Gasteiger partial charge in [0.05, 0.1) is 36.5 Å². The first-order valence-corrected chi connectivity index (χ1v) is 29.1. The molecular formula is C74H62N4OSi. The monoisotopic (exact) mass is 1060 g/mol. The molecule has 0 N–H and O–H groups in total. The van der Waals surface area contributed by atoms with Gasteiger partial charge in [0.25, 0.3) is 0 Å². The smallest absolute Gasteiger partial charge is 0.185 e. The molecule has 0 amide bonds. The second kappa shape index (κ2) is 19.0. The molecule has 0 saturated carbocycles. The molecule has 5 nitrogen and oxygen atoms in total. The number of fused-ring (bicyclic) bond motifs is 6. The van der Waals surface area contributed by atoms with Gasteiger partial charge in [0.2, 0.25) is 0 Å². The van der Waals surface area contributed by atoms with Gasteiger partial charge in [-0.2, -0.15) is 0 Å². The molecule has 6 heteroatoms. The maximum Gasteiger partial charge on any atom is 0.185 e. The van der Waals surface area contributed by atoms with E-state index in [-0.39, 0.29) is 47.4 Å². The van der Waals surface area contributed by atoms with Crippen molar-refractivity contribution in [3.8, 4) is 56.0 Å². The van der Waals surface area contributed by atoms with Crippen LogP contribution in [0.15, 0.2) is 255 Å². The highest BCUT2D eigenvalue weighted by molar-refractivity contribution is 7.23. The first kappa shape index (κ1) is 39.2. The third kappa shape index (κ3) is 8.07. The summed E-state index contributed by atoms with van der Waals surface area (Å²) in [6.07, 6.45) is 1.91. The highest BCUT2D eigenvalue weighted by Crippen LogP contribution is 2.52. The molecule has 1 unspecified atom stereocenters. The van der Waals surface area contributed by atoms with Crippen LogP contribution < -0.4 is 40.2 Å². The summed E-state index contributed by atoms with van der Waals surface area (Å²) in [5.74, 6) is 2.03. The lowest BCUT2D eigenvalue weighted by molar-refractivity contribution is 0.483. The van der Waals surface area contributed by atoms with E-state index in [0.717, 1.165) is 45.4 Å². The fourth-order valence-corrected chi connectivity index (χ4v) is 17.8. The van der Waals surface area contributed by atoms with Crippen LogP contribution in [0.2, 0.25) is 0 Å². The lowest BCUT2D eigenvalue weighted by atomic mass is 9.82. The van der Waals surface area contributed by atoms with Crippen LogP contribution in [-0.4, -0.2) is 19.7 Å². The van der Waals surface area contributed by atoms with E-state index in [2.05, 4.69) is 139 Å². The van der Waals surface area contributed by atoms with Crippen molar-refractivity contribution in [2.75, 3.05) is 21.4 Å². The van der Waals surface area contributed by atoms with Gasteiger partial charge in [-0.1, -0.05) is 223 Å². The molecular weight excluding hydrogens is 989 g/mol. The molecule has 4 heterocycles. The van der Waals surface area contributed by atoms with E-state index < -0.39 is 49.7 Å². The first-order valence-electron chi connectivity index (χ1n) is 32.1. The zero-order valence-electron chi connectivity index (χ0n) is 55.4. The quantitative estimate of drug-likeness (QED) is 0.135. The Morgan fingerprint density at radius 2 is 1.06 bits per heavy atom. The Bertz CT molecular complexity index is 4760. The summed E-state index contributed by atoms with van der Waals surface area (Å²) in [6.45, 7) is 13.0. The summed E-state index contributed by atoms with van der Waals surface area (Å²) in [4.78, 5) is 11.7. The summed E-state index contributed by atoms with van der Waals surface area (Å²) in [6, 6.07) is 60.3. The summed E-state index contributed by atoms with van der Waals surface area (Å²) in [7, 11) is -2.96. The number of ether oxygens (including phenoxy) is 1. The van der Waals surface area contributed by atoms with Gasteiger partial charge in [0.15, 0.2) is 8.07 Å². The lowest BCUT2D eigenvalue weighted by Gasteiger charge is -2.43. The Morgan fingerprint density at radius 3 is 1.82 bits per heavy atom. The molecule has 1 atom stereocenters. The van der Waals surface area contributed by atoms with Crippen LogP contribution in [0.5, 0.6) is 11.5 Å². The lowest BCUT2D eigenvalue weighted by Crippen LogP contribution is -2.75. The first-order chi connectivity index (χ1) is 43.1. The molecule has 80 heavy (non-hydrogen) atoms. The van der Waals surface area contributed by atoms with Crippen LogP contribution >= 0.6 is 0 Å². The third-order valence-electron chi connectivity index (χ3n) is 16.0. The molecule has 10 aromatic carbocycles. The van der Waals surface area contributed by atoms with Gasteiger partial charge in [-0.15, -0.1) is 0 Å². The Morgan fingerprint density at radius 1 is 0.450 bits per heavy atom. The molecule has 0 bridgehead atoms. The van der Waals surface area contributed by atoms with Crippen LogP contribution in [-0.2, 0) is 10.8 Å². The molecule has 3 aliphatic heterocycles. The van der Waals surface area contributed by atoms with Gasteiger partial charge < -0.3 is 14.5 Å². The summed E-state index contributed by atoms with van der Waals surface area (Å²) < 4.78 is 96.0. The fourth-order valence-electron chi connectivity index (χ4n) is 12.3. The van der Waals surface area contributed by atoms with Gasteiger partial charge in [-0.25, -0.2) is 4.98 Å². The number of nitrogens with zero attached hydrogens (tertiary/aromatic N) is 4. The van der Waals surface area contributed by atoms with Gasteiger partial charge >= 0.3 is 0 Å². The van der Waals surface area contributed by atoms with Crippen molar-refractivity contribution in [1.29, 1.82) is 0 Å². The van der Waals surface area contributed by atoms with Crippen LogP contribution in [0.25, 0.3) is 44.5 Å². The predicted octanol–water partition coefficient (Wildman–Crippen LogP) is 16.9. The minimum Gasteiger partial charge on any atom is -0.457 e. The number of anilines is 7. The average molecular weight is 1060 g/mol. The SMILES string of the molecule is [2H]c1c([2H])c([2H])c(-c2cc(-c3cccc(-c4c([2H])c([2H])c([2H])c([2H])c4[2H])c3N3CN(c4cccc(Oc5ccc6c(c5)N(c5cc(C(C)(C)C)ccn5)c5cccc7c5[Si]6(c5ccccc5)c5ccccc5-7)c4)c4ccccc43)cc(C(C)(C)C)c2)c([2H])c1[2H]. The van der Waals surface area contributed by atoms with Crippen LogP contribution in [0, 0.1) is 0 Å². The van der Waals surface area contributed by atoms with Crippen LogP contribution in [0.4, 0.5) is 39.9 Å². The second-order valence-corrected chi connectivity index (χ2v) is 26.5. The van der Waals surface area contributed by atoms with E-state index in [4.69, 9.17) is 20.7 Å². The number of hydrogen-bond acceptors (Lipinski definition) is 5. The largest absolute Gasteiger partial charge is 0.457 e. The van der Waals surface area contributed by atoms with Crippen molar-refractivity contribution in [3.05, 3.63) is 266 Å². The van der Waals surface area contributed by atoms with Crippen molar-refractivity contribution in [1.82, 2.24) is 4.98 Å². The molecule has 1 aromatic heterocycles. The molecule has 14 rings (SSSR count). The second-order valence-electron chi connectivity index (χ2n) is 22.9. The van der Waals surface area contributed by atoms with Gasteiger partial charge in [0.1, 0.15) is 24.0 Å². The molecule has 0 spiro atoms. The fraction of sp³-hybridized carbons (Fsp3) is 0.122. The number of pyridine rings is 1. The van der Waals surface area contributed by atoms with Crippen LogP contribution in [0.1, 0.15) is 66.4 Å². The Hall–Kier alpha value is -9.23. The third-order valence-corrected chi connectivity index (χ3v) is 21.0.